The highest BCUT2D eigenvalue weighted by Gasteiger charge is 2.25. The van der Waals surface area contributed by atoms with E-state index >= 15 is 0 Å². The third-order valence-electron chi connectivity index (χ3n) is 3.71. The molecule has 0 spiro atoms. The van der Waals surface area contributed by atoms with Crippen LogP contribution in [0, 0.1) is 0 Å². The van der Waals surface area contributed by atoms with Gasteiger partial charge in [0.05, 0.1) is 18.8 Å². The Bertz CT molecular complexity index is 358. The molecule has 0 aromatic heterocycles. The van der Waals surface area contributed by atoms with Crippen LogP contribution in [0.4, 0.5) is 0 Å². The van der Waals surface area contributed by atoms with E-state index in [9.17, 15) is 5.11 Å². The smallest absolute Gasteiger partial charge is 0.0587 e. The molecule has 0 amide bonds. The second-order valence-electron chi connectivity index (χ2n) is 5.66. The first-order valence-corrected chi connectivity index (χ1v) is 7.23. The van der Waals surface area contributed by atoms with Gasteiger partial charge in [-0.25, -0.2) is 0 Å². The summed E-state index contributed by atoms with van der Waals surface area (Å²) in [5.74, 6) is 0. The molecule has 1 aliphatic rings. The summed E-state index contributed by atoms with van der Waals surface area (Å²) in [5, 5.41) is 13.1. The SMILES string of the molecule is CC1CC(NC(CO)Cc2ccccc2)CC(C)O1. The van der Waals surface area contributed by atoms with Gasteiger partial charge >= 0.3 is 0 Å². The van der Waals surface area contributed by atoms with Gasteiger partial charge in [-0.15, -0.1) is 0 Å². The molecule has 1 fully saturated rings. The average Bonchev–Trinajstić information content (AvgIpc) is 2.38. The summed E-state index contributed by atoms with van der Waals surface area (Å²) in [5.41, 5.74) is 1.27. The highest BCUT2D eigenvalue weighted by atomic mass is 16.5. The minimum absolute atomic E-state index is 0.130. The first kappa shape index (κ1) is 14.5. The molecule has 1 aliphatic heterocycles. The lowest BCUT2D eigenvalue weighted by Crippen LogP contribution is -2.47. The second kappa shape index (κ2) is 7.04. The Morgan fingerprint density at radius 3 is 2.42 bits per heavy atom. The lowest BCUT2D eigenvalue weighted by molar-refractivity contribution is -0.0444. The molecule has 0 aliphatic carbocycles. The predicted octanol–water partition coefficient (Wildman–Crippen LogP) is 2.14. The first-order valence-electron chi connectivity index (χ1n) is 7.23. The molecule has 3 nitrogen and oxygen atoms in total. The van der Waals surface area contributed by atoms with E-state index in [1.54, 1.807) is 0 Å². The fraction of sp³-hybridized carbons (Fsp3) is 0.625. The normalized spacial score (nSPS) is 29.1. The third-order valence-corrected chi connectivity index (χ3v) is 3.71. The quantitative estimate of drug-likeness (QED) is 0.855. The van der Waals surface area contributed by atoms with Crippen molar-refractivity contribution < 1.29 is 9.84 Å². The second-order valence-corrected chi connectivity index (χ2v) is 5.66. The van der Waals surface area contributed by atoms with Crippen LogP contribution in [-0.4, -0.2) is 36.0 Å². The molecule has 106 valence electrons. The Labute approximate surface area is 116 Å². The number of hydrogen-bond donors (Lipinski definition) is 2. The highest BCUT2D eigenvalue weighted by Crippen LogP contribution is 2.19. The van der Waals surface area contributed by atoms with Gasteiger partial charge in [0, 0.05) is 12.1 Å². The molecular weight excluding hydrogens is 238 g/mol. The minimum Gasteiger partial charge on any atom is -0.395 e. The van der Waals surface area contributed by atoms with Crippen LogP contribution in [0.25, 0.3) is 0 Å². The van der Waals surface area contributed by atoms with Gasteiger partial charge in [0.25, 0.3) is 0 Å². The Balaban J connectivity index is 1.88. The van der Waals surface area contributed by atoms with Crippen LogP contribution >= 0.6 is 0 Å². The van der Waals surface area contributed by atoms with Gasteiger partial charge in [-0.05, 0) is 38.7 Å². The molecule has 0 radical (unpaired) electrons. The van der Waals surface area contributed by atoms with E-state index in [4.69, 9.17) is 4.74 Å². The Hall–Kier alpha value is -0.900. The largest absolute Gasteiger partial charge is 0.395 e. The zero-order valence-electron chi connectivity index (χ0n) is 11.9. The molecule has 1 aromatic carbocycles. The van der Waals surface area contributed by atoms with Crippen LogP contribution in [0.1, 0.15) is 32.3 Å². The molecule has 3 unspecified atom stereocenters. The van der Waals surface area contributed by atoms with Crippen molar-refractivity contribution in [2.24, 2.45) is 0 Å². The predicted molar refractivity (Wildman–Crippen MR) is 77.2 cm³/mol. The van der Waals surface area contributed by atoms with Crippen LogP contribution < -0.4 is 5.32 Å². The van der Waals surface area contributed by atoms with E-state index in [0.29, 0.717) is 18.2 Å². The molecule has 1 heterocycles. The fourth-order valence-corrected chi connectivity index (χ4v) is 2.95. The van der Waals surface area contributed by atoms with Gasteiger partial charge in [-0.1, -0.05) is 30.3 Å². The van der Waals surface area contributed by atoms with Crippen molar-refractivity contribution >= 4 is 0 Å². The number of aliphatic hydroxyl groups excluding tert-OH is 1. The monoisotopic (exact) mass is 263 g/mol. The van der Waals surface area contributed by atoms with Crippen molar-refractivity contribution in [2.75, 3.05) is 6.61 Å². The van der Waals surface area contributed by atoms with Gasteiger partial charge in [0.1, 0.15) is 0 Å². The summed E-state index contributed by atoms with van der Waals surface area (Å²) in [7, 11) is 0. The van der Waals surface area contributed by atoms with Crippen LogP contribution in [0.5, 0.6) is 0 Å². The highest BCUT2D eigenvalue weighted by molar-refractivity contribution is 5.16. The average molecular weight is 263 g/mol. The van der Waals surface area contributed by atoms with E-state index in [-0.39, 0.29) is 12.6 Å². The number of hydrogen-bond acceptors (Lipinski definition) is 3. The maximum atomic E-state index is 9.56. The Morgan fingerprint density at radius 2 is 1.84 bits per heavy atom. The molecule has 2 rings (SSSR count). The summed E-state index contributed by atoms with van der Waals surface area (Å²) in [6, 6.07) is 10.9. The summed E-state index contributed by atoms with van der Waals surface area (Å²) in [6.45, 7) is 4.42. The number of aliphatic hydroxyl groups is 1. The van der Waals surface area contributed by atoms with Gasteiger partial charge in [0.2, 0.25) is 0 Å². The van der Waals surface area contributed by atoms with Gasteiger partial charge in [-0.3, -0.25) is 0 Å². The standard InChI is InChI=1S/C16H25NO2/c1-12-8-15(9-13(2)19-12)17-16(11-18)10-14-6-4-3-5-7-14/h3-7,12-13,15-18H,8-11H2,1-2H3. The molecule has 0 bridgehead atoms. The van der Waals surface area contributed by atoms with Crippen molar-refractivity contribution in [2.45, 2.75) is 57.4 Å². The minimum atomic E-state index is 0.130. The summed E-state index contributed by atoms with van der Waals surface area (Å²) < 4.78 is 5.75. The molecule has 3 heteroatoms. The lowest BCUT2D eigenvalue weighted by atomic mass is 9.97. The lowest BCUT2D eigenvalue weighted by Gasteiger charge is -2.34. The van der Waals surface area contributed by atoms with Crippen molar-refractivity contribution in [1.29, 1.82) is 0 Å². The van der Waals surface area contributed by atoms with Gasteiger partial charge in [0.15, 0.2) is 0 Å². The zero-order valence-corrected chi connectivity index (χ0v) is 11.9. The van der Waals surface area contributed by atoms with Crippen molar-refractivity contribution in [1.82, 2.24) is 5.32 Å². The molecule has 19 heavy (non-hydrogen) atoms. The number of ether oxygens (including phenoxy) is 1. The summed E-state index contributed by atoms with van der Waals surface area (Å²) >= 11 is 0. The molecular formula is C16H25NO2. The van der Waals surface area contributed by atoms with Crippen molar-refractivity contribution in [3.63, 3.8) is 0 Å². The zero-order chi connectivity index (χ0) is 13.7. The third kappa shape index (κ3) is 4.60. The summed E-state index contributed by atoms with van der Waals surface area (Å²) in [4.78, 5) is 0. The van der Waals surface area contributed by atoms with Crippen molar-refractivity contribution in [3.8, 4) is 0 Å². The van der Waals surface area contributed by atoms with E-state index in [1.165, 1.54) is 5.56 Å². The Kier molecular flexibility index (Phi) is 5.37. The van der Waals surface area contributed by atoms with Gasteiger partial charge < -0.3 is 15.2 Å². The summed E-state index contributed by atoms with van der Waals surface area (Å²) in [6.07, 6.45) is 3.53. The van der Waals surface area contributed by atoms with E-state index in [1.807, 2.05) is 18.2 Å². The van der Waals surface area contributed by atoms with Crippen LogP contribution in [-0.2, 0) is 11.2 Å². The maximum Gasteiger partial charge on any atom is 0.0587 e. The number of nitrogens with one attached hydrogen (secondary N) is 1. The van der Waals surface area contributed by atoms with Crippen LogP contribution in [0.2, 0.25) is 0 Å². The van der Waals surface area contributed by atoms with Crippen molar-refractivity contribution in [3.05, 3.63) is 35.9 Å². The number of rotatable bonds is 5. The van der Waals surface area contributed by atoms with Crippen LogP contribution in [0.15, 0.2) is 30.3 Å². The number of benzene rings is 1. The maximum absolute atomic E-state index is 9.56. The molecule has 3 atom stereocenters. The van der Waals surface area contributed by atoms with E-state index < -0.39 is 0 Å². The molecule has 0 saturated carbocycles. The van der Waals surface area contributed by atoms with E-state index in [0.717, 1.165) is 19.3 Å². The first-order chi connectivity index (χ1) is 9.17. The van der Waals surface area contributed by atoms with E-state index in [2.05, 4.69) is 31.3 Å². The molecule has 1 saturated heterocycles. The molecule has 1 aromatic rings. The van der Waals surface area contributed by atoms with Crippen LogP contribution in [0.3, 0.4) is 0 Å². The topological polar surface area (TPSA) is 41.5 Å². The Morgan fingerprint density at radius 1 is 1.21 bits per heavy atom. The van der Waals surface area contributed by atoms with Gasteiger partial charge in [-0.2, -0.15) is 0 Å². The molecule has 2 N–H and O–H groups in total. The fourth-order valence-electron chi connectivity index (χ4n) is 2.95.